The quantitative estimate of drug-likeness (QED) is 0.277. The zero-order chi connectivity index (χ0) is 28.9. The number of amides is 1. The van der Waals surface area contributed by atoms with Crippen molar-refractivity contribution < 1.29 is 18.7 Å². The van der Waals surface area contributed by atoms with Crippen LogP contribution in [-0.2, 0) is 6.54 Å². The Morgan fingerprint density at radius 2 is 1.93 bits per heavy atom. The van der Waals surface area contributed by atoms with Crippen molar-refractivity contribution in [2.45, 2.75) is 51.2 Å². The molecule has 2 saturated carbocycles. The number of fused-ring (bicyclic) bond motifs is 4. The van der Waals surface area contributed by atoms with Crippen LogP contribution < -0.4 is 5.73 Å². The van der Waals surface area contributed by atoms with Crippen LogP contribution in [0.1, 0.15) is 41.6 Å². The third kappa shape index (κ3) is 3.79. The summed E-state index contributed by atoms with van der Waals surface area (Å²) in [4.78, 5) is 15.3. The van der Waals surface area contributed by atoms with E-state index in [9.17, 15) is 14.3 Å². The van der Waals surface area contributed by atoms with E-state index in [1.165, 1.54) is 16.6 Å². The van der Waals surface area contributed by atoms with Crippen molar-refractivity contribution >= 4 is 22.3 Å². The molecule has 5 aromatic rings. The number of likely N-dealkylation sites (tertiary alicyclic amines) is 1. The van der Waals surface area contributed by atoms with Crippen molar-refractivity contribution in [3.63, 3.8) is 0 Å². The number of piperidine rings is 1. The summed E-state index contributed by atoms with van der Waals surface area (Å²) in [7, 11) is 0. The Bertz CT molecular complexity index is 1920. The lowest BCUT2D eigenvalue weighted by Crippen LogP contribution is -2.41. The van der Waals surface area contributed by atoms with Crippen LogP contribution in [0.5, 0.6) is 5.75 Å². The molecule has 3 fully saturated rings. The molecule has 214 valence electrons. The predicted molar refractivity (Wildman–Crippen MR) is 156 cm³/mol. The van der Waals surface area contributed by atoms with Crippen molar-refractivity contribution in [1.82, 2.24) is 19.1 Å². The van der Waals surface area contributed by atoms with E-state index in [2.05, 4.69) is 4.57 Å². The van der Waals surface area contributed by atoms with Crippen molar-refractivity contribution in [2.75, 3.05) is 6.54 Å². The van der Waals surface area contributed by atoms with E-state index in [0.717, 1.165) is 48.8 Å². The molecule has 42 heavy (non-hydrogen) atoms. The van der Waals surface area contributed by atoms with Gasteiger partial charge < -0.3 is 20.3 Å². The van der Waals surface area contributed by atoms with Gasteiger partial charge in [-0.05, 0) is 74.3 Å². The number of nitrogens with two attached hydrogens (primary N) is 1. The summed E-state index contributed by atoms with van der Waals surface area (Å²) in [6.45, 7) is 3.24. The fraction of sp³-hybridized carbons (Fsp3) is 0.333. The minimum atomic E-state index is -0.655. The lowest BCUT2D eigenvalue weighted by molar-refractivity contribution is 0.0699. The average molecular weight is 568 g/mol. The largest absolute Gasteiger partial charge is 0.505 e. The second kappa shape index (κ2) is 9.13. The molecule has 3 aliphatic rings. The number of rotatable bonds is 5. The highest BCUT2D eigenvalue weighted by atomic mass is 19.1. The summed E-state index contributed by atoms with van der Waals surface area (Å²) < 4.78 is 34.2. The number of nitrogens with zero attached hydrogens (tertiary/aromatic N) is 4. The maximum Gasteiger partial charge on any atom is 0.255 e. The van der Waals surface area contributed by atoms with E-state index in [0.29, 0.717) is 46.3 Å². The Morgan fingerprint density at radius 3 is 2.67 bits per heavy atom. The molecule has 9 heteroatoms. The van der Waals surface area contributed by atoms with Crippen molar-refractivity contribution in [3.8, 4) is 28.3 Å². The number of aryl methyl sites for hydroxylation is 1. The monoisotopic (exact) mass is 567 g/mol. The van der Waals surface area contributed by atoms with Crippen molar-refractivity contribution in [3.05, 3.63) is 77.5 Å². The molecular weight excluding hydrogens is 536 g/mol. The Labute approximate surface area is 241 Å². The molecule has 2 aliphatic carbocycles. The van der Waals surface area contributed by atoms with E-state index >= 15 is 4.39 Å². The summed E-state index contributed by atoms with van der Waals surface area (Å²) in [5.74, 6) is -0.898. The highest BCUT2D eigenvalue weighted by Crippen LogP contribution is 2.40. The van der Waals surface area contributed by atoms with Crippen LogP contribution in [0.4, 0.5) is 8.78 Å². The van der Waals surface area contributed by atoms with E-state index in [-0.39, 0.29) is 29.3 Å². The first-order valence-corrected chi connectivity index (χ1v) is 14.6. The van der Waals surface area contributed by atoms with Crippen LogP contribution in [0, 0.1) is 30.4 Å². The maximum absolute atomic E-state index is 15.7. The summed E-state index contributed by atoms with van der Waals surface area (Å²) >= 11 is 0. The first-order valence-electron chi connectivity index (χ1n) is 14.6. The van der Waals surface area contributed by atoms with Gasteiger partial charge in [-0.1, -0.05) is 24.3 Å². The lowest BCUT2D eigenvalue weighted by Gasteiger charge is -2.27. The molecule has 8 rings (SSSR count). The van der Waals surface area contributed by atoms with E-state index in [4.69, 9.17) is 10.8 Å². The number of benzene rings is 2. The standard InChI is InChI=1S/C33H31F2N5O2/c1-17-31(37-40-16-22(11-24(34)32(17)40)33(42)39-15-21-9-10-25(39)30(21)36)27-13-20-8-7-19(23-3-2-4-28(41)29(23)35)12-26(20)38(27)14-18-5-6-18/h2-4,7-8,11-13,16,18,21,25,30,41H,5-6,9-10,14-15,36H2,1H3/t21?,25-,30-/m1/s1. The fourth-order valence-electron chi connectivity index (χ4n) is 7.20. The first kappa shape index (κ1) is 25.5. The Balaban J connectivity index is 1.24. The van der Waals surface area contributed by atoms with E-state index in [1.54, 1.807) is 23.2 Å². The molecular formula is C33H31F2N5O2. The molecule has 3 N–H and O–H groups in total. The Morgan fingerprint density at radius 1 is 1.10 bits per heavy atom. The lowest BCUT2D eigenvalue weighted by atomic mass is 10.0. The highest BCUT2D eigenvalue weighted by molar-refractivity contribution is 5.95. The molecule has 7 nitrogen and oxygen atoms in total. The van der Waals surface area contributed by atoms with Gasteiger partial charge in [0.25, 0.3) is 5.91 Å². The number of hydrogen-bond donors (Lipinski definition) is 2. The zero-order valence-electron chi connectivity index (χ0n) is 23.2. The second-order valence-corrected chi connectivity index (χ2v) is 12.3. The zero-order valence-corrected chi connectivity index (χ0v) is 23.2. The summed E-state index contributed by atoms with van der Waals surface area (Å²) in [5, 5.41) is 15.7. The van der Waals surface area contributed by atoms with Crippen LogP contribution in [-0.4, -0.2) is 48.7 Å². The second-order valence-electron chi connectivity index (χ2n) is 12.3. The number of halogens is 2. The predicted octanol–water partition coefficient (Wildman–Crippen LogP) is 5.89. The van der Waals surface area contributed by atoms with Gasteiger partial charge in [0.05, 0.1) is 11.3 Å². The molecule has 4 heterocycles. The smallest absolute Gasteiger partial charge is 0.255 e. The van der Waals surface area contributed by atoms with Gasteiger partial charge in [0, 0.05) is 53.4 Å². The van der Waals surface area contributed by atoms with Crippen LogP contribution in [0.15, 0.2) is 54.7 Å². The van der Waals surface area contributed by atoms with Crippen molar-refractivity contribution in [1.29, 1.82) is 0 Å². The number of carbonyl (C=O) groups excluding carboxylic acids is 1. The van der Waals surface area contributed by atoms with Crippen LogP contribution in [0.3, 0.4) is 0 Å². The number of phenolic OH excluding ortho intramolecular Hbond substituents is 1. The Kier molecular flexibility index (Phi) is 5.54. The average Bonchev–Trinajstić information content (AvgIpc) is 3.38. The van der Waals surface area contributed by atoms with Crippen LogP contribution in [0.2, 0.25) is 0 Å². The molecule has 2 bridgehead atoms. The number of pyridine rings is 1. The third-order valence-corrected chi connectivity index (χ3v) is 9.65. The SMILES string of the molecule is Cc1c(-c2cc3ccc(-c4cccc(O)c4F)cc3n2CC2CC2)nn2cc(C(=O)N3CC4CC[C@@H]3[C@@H]4N)cc(F)c12. The summed E-state index contributed by atoms with van der Waals surface area (Å²) in [6, 6.07) is 13.7. The molecule has 3 aromatic heterocycles. The topological polar surface area (TPSA) is 88.8 Å². The third-order valence-electron chi connectivity index (χ3n) is 9.65. The molecule has 1 amide bonds. The molecule has 1 saturated heterocycles. The van der Waals surface area contributed by atoms with Crippen LogP contribution >= 0.6 is 0 Å². The van der Waals surface area contributed by atoms with Gasteiger partial charge >= 0.3 is 0 Å². The van der Waals surface area contributed by atoms with Gasteiger partial charge in [-0.25, -0.2) is 13.3 Å². The maximum atomic E-state index is 15.7. The minimum Gasteiger partial charge on any atom is -0.505 e. The van der Waals surface area contributed by atoms with Crippen LogP contribution in [0.25, 0.3) is 38.9 Å². The summed E-state index contributed by atoms with van der Waals surface area (Å²) in [6.07, 6.45) is 5.81. The normalized spacial score (nSPS) is 21.7. The van der Waals surface area contributed by atoms with Gasteiger partial charge in [0.1, 0.15) is 17.0 Å². The number of carbonyl (C=O) groups is 1. The van der Waals surface area contributed by atoms with Gasteiger partial charge in [-0.3, -0.25) is 4.79 Å². The molecule has 1 unspecified atom stereocenters. The fourth-order valence-corrected chi connectivity index (χ4v) is 7.20. The molecule has 2 aromatic carbocycles. The van der Waals surface area contributed by atoms with E-state index < -0.39 is 11.6 Å². The molecule has 1 aliphatic heterocycles. The highest BCUT2D eigenvalue weighted by Gasteiger charge is 2.47. The Hall–Kier alpha value is -4.24. The number of aromatic hydroxyl groups is 1. The van der Waals surface area contributed by atoms with Gasteiger partial charge in [0.15, 0.2) is 11.6 Å². The molecule has 3 atom stereocenters. The minimum absolute atomic E-state index is 0.00697. The number of hydrogen-bond acceptors (Lipinski definition) is 4. The summed E-state index contributed by atoms with van der Waals surface area (Å²) in [5.41, 5.74) is 11.0. The van der Waals surface area contributed by atoms with Gasteiger partial charge in [-0.15, -0.1) is 0 Å². The van der Waals surface area contributed by atoms with E-state index in [1.807, 2.05) is 31.2 Å². The molecule has 0 spiro atoms. The first-order chi connectivity index (χ1) is 20.3. The van der Waals surface area contributed by atoms with Gasteiger partial charge in [-0.2, -0.15) is 5.10 Å². The number of aromatic nitrogens is 3. The van der Waals surface area contributed by atoms with Gasteiger partial charge in [0.2, 0.25) is 0 Å². The molecule has 0 radical (unpaired) electrons. The number of phenols is 1. The van der Waals surface area contributed by atoms with Crippen molar-refractivity contribution in [2.24, 2.45) is 17.6 Å².